The Bertz CT molecular complexity index is 305. The average Bonchev–Trinajstić information content (AvgIpc) is 2.16. The van der Waals surface area contributed by atoms with Crippen LogP contribution in [0.15, 0.2) is 24.3 Å². The van der Waals surface area contributed by atoms with Gasteiger partial charge in [0, 0.05) is 5.56 Å². The Morgan fingerprint density at radius 1 is 1.36 bits per heavy atom. The maximum Gasteiger partial charge on any atom is 0.150 e. The number of carbonyl (C=O) groups excluding carboxylic acids is 1. The van der Waals surface area contributed by atoms with Crippen LogP contribution in [0.25, 0.3) is 0 Å². The van der Waals surface area contributed by atoms with Crippen molar-refractivity contribution in [3.8, 4) is 0 Å². The number of hydrogen-bond donors (Lipinski definition) is 1. The molecule has 0 aromatic heterocycles. The molecule has 0 radical (unpaired) electrons. The van der Waals surface area contributed by atoms with E-state index in [1.165, 1.54) is 0 Å². The second-order valence-electron chi connectivity index (χ2n) is 3.89. The predicted octanol–water partition coefficient (Wildman–Crippen LogP) is 2.58. The van der Waals surface area contributed by atoms with Gasteiger partial charge in [-0.2, -0.15) is 0 Å². The van der Waals surface area contributed by atoms with Crippen molar-refractivity contribution < 1.29 is 9.90 Å². The second kappa shape index (κ2) is 4.91. The van der Waals surface area contributed by atoms with Crippen molar-refractivity contribution in [3.63, 3.8) is 0 Å². The highest BCUT2D eigenvalue weighted by molar-refractivity contribution is 5.77. The summed E-state index contributed by atoms with van der Waals surface area (Å²) in [6.45, 7) is 4.10. The normalized spacial score (nSPS) is 12.9. The minimum absolute atomic E-state index is 0.421. The zero-order valence-corrected chi connectivity index (χ0v) is 8.60. The van der Waals surface area contributed by atoms with E-state index >= 15 is 0 Å². The molecule has 0 saturated carbocycles. The van der Waals surface area contributed by atoms with Crippen LogP contribution in [0.4, 0.5) is 0 Å². The molecular weight excluding hydrogens is 176 g/mol. The molecule has 0 amide bonds. The van der Waals surface area contributed by atoms with Gasteiger partial charge in [-0.05, 0) is 17.9 Å². The minimum Gasteiger partial charge on any atom is -0.388 e. The third-order valence-corrected chi connectivity index (χ3v) is 2.18. The fraction of sp³-hybridized carbons (Fsp3) is 0.417. The standard InChI is InChI=1S/C12H16O2/c1-9(2)7-12(14)11-6-4-3-5-10(11)8-13/h3-6,8-9,12,14H,7H2,1-2H3. The van der Waals surface area contributed by atoms with E-state index in [4.69, 9.17) is 0 Å². The zero-order valence-electron chi connectivity index (χ0n) is 8.60. The van der Waals surface area contributed by atoms with Crippen molar-refractivity contribution in [2.45, 2.75) is 26.4 Å². The van der Waals surface area contributed by atoms with Crippen LogP contribution in [0.1, 0.15) is 42.3 Å². The number of benzene rings is 1. The molecule has 0 fully saturated rings. The zero-order chi connectivity index (χ0) is 10.6. The molecule has 1 N–H and O–H groups in total. The van der Waals surface area contributed by atoms with Crippen molar-refractivity contribution >= 4 is 6.29 Å². The van der Waals surface area contributed by atoms with E-state index in [2.05, 4.69) is 0 Å². The first kappa shape index (κ1) is 10.9. The molecule has 14 heavy (non-hydrogen) atoms. The Balaban J connectivity index is 2.88. The summed E-state index contributed by atoms with van der Waals surface area (Å²) in [4.78, 5) is 10.7. The summed E-state index contributed by atoms with van der Waals surface area (Å²) in [6, 6.07) is 7.17. The summed E-state index contributed by atoms with van der Waals surface area (Å²) < 4.78 is 0. The maximum absolute atomic E-state index is 10.7. The smallest absolute Gasteiger partial charge is 0.150 e. The largest absolute Gasteiger partial charge is 0.388 e. The van der Waals surface area contributed by atoms with Gasteiger partial charge in [0.2, 0.25) is 0 Å². The number of rotatable bonds is 4. The van der Waals surface area contributed by atoms with E-state index in [1.807, 2.05) is 19.9 Å². The molecule has 76 valence electrons. The fourth-order valence-electron chi connectivity index (χ4n) is 1.50. The van der Waals surface area contributed by atoms with Crippen molar-refractivity contribution in [2.24, 2.45) is 5.92 Å². The molecule has 1 aromatic rings. The number of carbonyl (C=O) groups is 1. The second-order valence-corrected chi connectivity index (χ2v) is 3.89. The van der Waals surface area contributed by atoms with Crippen LogP contribution in [0.3, 0.4) is 0 Å². The fourth-order valence-corrected chi connectivity index (χ4v) is 1.50. The third kappa shape index (κ3) is 2.67. The lowest BCUT2D eigenvalue weighted by Gasteiger charge is -2.14. The molecule has 0 heterocycles. The van der Waals surface area contributed by atoms with Crippen molar-refractivity contribution in [1.29, 1.82) is 0 Å². The van der Waals surface area contributed by atoms with Gasteiger partial charge in [0.25, 0.3) is 0 Å². The number of aldehydes is 1. The molecule has 0 aliphatic heterocycles. The molecule has 0 bridgehead atoms. The summed E-state index contributed by atoms with van der Waals surface area (Å²) in [5.41, 5.74) is 1.32. The topological polar surface area (TPSA) is 37.3 Å². The van der Waals surface area contributed by atoms with Gasteiger partial charge >= 0.3 is 0 Å². The Morgan fingerprint density at radius 2 is 2.00 bits per heavy atom. The van der Waals surface area contributed by atoms with Crippen LogP contribution in [-0.4, -0.2) is 11.4 Å². The SMILES string of the molecule is CC(C)CC(O)c1ccccc1C=O. The number of aliphatic hydroxyl groups excluding tert-OH is 1. The molecule has 2 heteroatoms. The molecule has 0 aliphatic rings. The van der Waals surface area contributed by atoms with Gasteiger partial charge < -0.3 is 5.11 Å². The lowest BCUT2D eigenvalue weighted by molar-refractivity contribution is 0.111. The van der Waals surface area contributed by atoms with Crippen LogP contribution < -0.4 is 0 Å². The van der Waals surface area contributed by atoms with E-state index in [-0.39, 0.29) is 0 Å². The monoisotopic (exact) mass is 192 g/mol. The molecule has 1 unspecified atom stereocenters. The van der Waals surface area contributed by atoms with Gasteiger partial charge in [0.15, 0.2) is 0 Å². The molecule has 0 saturated heterocycles. The first-order valence-electron chi connectivity index (χ1n) is 4.87. The molecule has 2 nitrogen and oxygen atoms in total. The van der Waals surface area contributed by atoms with Gasteiger partial charge in [-0.3, -0.25) is 4.79 Å². The average molecular weight is 192 g/mol. The summed E-state index contributed by atoms with van der Waals surface area (Å²) >= 11 is 0. The quantitative estimate of drug-likeness (QED) is 0.744. The molecule has 1 rings (SSSR count). The summed E-state index contributed by atoms with van der Waals surface area (Å²) in [7, 11) is 0. The molecule has 0 aliphatic carbocycles. The Kier molecular flexibility index (Phi) is 3.84. The molecule has 1 aromatic carbocycles. The Labute approximate surface area is 84.6 Å². The van der Waals surface area contributed by atoms with Crippen LogP contribution in [-0.2, 0) is 0 Å². The van der Waals surface area contributed by atoms with E-state index in [1.54, 1.807) is 18.2 Å². The van der Waals surface area contributed by atoms with Crippen molar-refractivity contribution in [3.05, 3.63) is 35.4 Å². The highest BCUT2D eigenvalue weighted by Crippen LogP contribution is 2.23. The predicted molar refractivity (Wildman–Crippen MR) is 56.2 cm³/mol. The lowest BCUT2D eigenvalue weighted by atomic mass is 9.96. The van der Waals surface area contributed by atoms with Gasteiger partial charge in [0.05, 0.1) is 6.10 Å². The van der Waals surface area contributed by atoms with E-state index in [0.29, 0.717) is 17.9 Å². The third-order valence-electron chi connectivity index (χ3n) is 2.18. The highest BCUT2D eigenvalue weighted by atomic mass is 16.3. The lowest BCUT2D eigenvalue weighted by Crippen LogP contribution is -2.04. The van der Waals surface area contributed by atoms with E-state index in [9.17, 15) is 9.90 Å². The van der Waals surface area contributed by atoms with E-state index in [0.717, 1.165) is 11.8 Å². The van der Waals surface area contributed by atoms with Gasteiger partial charge in [-0.25, -0.2) is 0 Å². The first-order chi connectivity index (χ1) is 6.65. The Morgan fingerprint density at radius 3 is 2.57 bits per heavy atom. The van der Waals surface area contributed by atoms with Crippen LogP contribution in [0.5, 0.6) is 0 Å². The number of aliphatic hydroxyl groups is 1. The maximum atomic E-state index is 10.7. The van der Waals surface area contributed by atoms with Crippen molar-refractivity contribution in [1.82, 2.24) is 0 Å². The molecule has 0 spiro atoms. The highest BCUT2D eigenvalue weighted by Gasteiger charge is 2.12. The summed E-state index contributed by atoms with van der Waals surface area (Å²) in [6.07, 6.45) is 0.945. The summed E-state index contributed by atoms with van der Waals surface area (Å²) in [5, 5.41) is 9.84. The summed E-state index contributed by atoms with van der Waals surface area (Å²) in [5.74, 6) is 0.421. The number of hydrogen-bond acceptors (Lipinski definition) is 2. The first-order valence-corrected chi connectivity index (χ1v) is 4.87. The van der Waals surface area contributed by atoms with Crippen LogP contribution >= 0.6 is 0 Å². The van der Waals surface area contributed by atoms with Gasteiger partial charge in [-0.1, -0.05) is 38.1 Å². The Hall–Kier alpha value is -1.15. The van der Waals surface area contributed by atoms with Crippen LogP contribution in [0.2, 0.25) is 0 Å². The van der Waals surface area contributed by atoms with E-state index < -0.39 is 6.10 Å². The molecular formula is C12H16O2. The van der Waals surface area contributed by atoms with Crippen LogP contribution in [0, 0.1) is 5.92 Å². The van der Waals surface area contributed by atoms with Gasteiger partial charge in [0.1, 0.15) is 6.29 Å². The van der Waals surface area contributed by atoms with Crippen molar-refractivity contribution in [2.75, 3.05) is 0 Å². The van der Waals surface area contributed by atoms with Gasteiger partial charge in [-0.15, -0.1) is 0 Å². The molecule has 1 atom stereocenters. The minimum atomic E-state index is -0.531.